The van der Waals surface area contributed by atoms with Crippen LogP contribution in [0.5, 0.6) is 0 Å². The van der Waals surface area contributed by atoms with Gasteiger partial charge in [0, 0.05) is 37.8 Å². The maximum atomic E-state index is 13.5. The Labute approximate surface area is 275 Å². The molecule has 1 aliphatic heterocycles. The Hall–Kier alpha value is -4.63. The second-order valence-corrected chi connectivity index (χ2v) is 13.0. The average Bonchev–Trinajstić information content (AvgIpc) is 3.82. The predicted octanol–water partition coefficient (Wildman–Crippen LogP) is 2.80. The predicted molar refractivity (Wildman–Crippen MR) is 174 cm³/mol. The number of nitrogens with zero attached hydrogens (tertiary/aromatic N) is 5. The van der Waals surface area contributed by atoms with E-state index >= 15 is 0 Å². The maximum absolute atomic E-state index is 13.5. The summed E-state index contributed by atoms with van der Waals surface area (Å²) >= 11 is 0. The lowest BCUT2D eigenvalue weighted by Gasteiger charge is -2.41. The number of carbonyl (C=O) groups is 3. The van der Waals surface area contributed by atoms with Gasteiger partial charge < -0.3 is 20.9 Å². The molecule has 47 heavy (non-hydrogen) atoms. The summed E-state index contributed by atoms with van der Waals surface area (Å²) in [6.07, 6.45) is 8.88. The van der Waals surface area contributed by atoms with Gasteiger partial charge in [-0.15, -0.1) is 5.10 Å². The number of hydrogen-bond donors (Lipinski definition) is 4. The molecule has 0 bridgehead atoms. The standard InChI is InChI=1S/C35H43N9O3/c1-37-32(46)25-12-14-28-23(17-25)10-11-24-18-26(33(47)38-2)13-15-29(24)35(28,34-40-42-43-41-34)19-30(22-7-4-3-5-8-22)39-21-31(45)44-16-6-9-27(44)20-36/h12-15,17-18,22,27,30,39H,3-11,16,19,21H2,1-2H3,(H,37,46)(H,38,47)(H,40,41,42,43)/t27-,30-/m0/s1. The van der Waals surface area contributed by atoms with Gasteiger partial charge in [0.2, 0.25) is 5.91 Å². The van der Waals surface area contributed by atoms with E-state index < -0.39 is 5.41 Å². The average molecular weight is 638 g/mol. The van der Waals surface area contributed by atoms with Crippen LogP contribution in [0, 0.1) is 17.2 Å². The van der Waals surface area contributed by atoms with Crippen LogP contribution in [-0.4, -0.2) is 82.5 Å². The van der Waals surface area contributed by atoms with Crippen LogP contribution in [0.4, 0.5) is 0 Å². The quantitative estimate of drug-likeness (QED) is 0.278. The minimum absolute atomic E-state index is 0.0580. The van der Waals surface area contributed by atoms with Crippen molar-refractivity contribution in [3.8, 4) is 6.07 Å². The van der Waals surface area contributed by atoms with Crippen molar-refractivity contribution in [2.45, 2.75) is 81.7 Å². The SMILES string of the molecule is CNC(=O)c1ccc2c(c1)CCc1cc(C(=O)NC)ccc1C2(C[C@H](NCC(=O)N1CCC[C@H]1C#N)C1CCCCC1)c1nnn[nH]1. The van der Waals surface area contributed by atoms with Gasteiger partial charge in [0.05, 0.1) is 18.0 Å². The molecule has 2 aliphatic carbocycles. The zero-order chi connectivity index (χ0) is 33.0. The number of aromatic nitrogens is 4. The third-order valence-corrected chi connectivity index (χ3v) is 10.5. The number of nitriles is 1. The van der Waals surface area contributed by atoms with Gasteiger partial charge in [0.25, 0.3) is 11.8 Å². The number of benzene rings is 2. The molecule has 3 amide bonds. The topological polar surface area (TPSA) is 169 Å². The van der Waals surface area contributed by atoms with E-state index in [0.717, 1.165) is 54.4 Å². The van der Waals surface area contributed by atoms with Gasteiger partial charge in [-0.05, 0) is 108 Å². The first kappa shape index (κ1) is 32.3. The summed E-state index contributed by atoms with van der Waals surface area (Å²) in [4.78, 5) is 40.8. The number of aromatic amines is 1. The molecule has 0 radical (unpaired) electrons. The van der Waals surface area contributed by atoms with Crippen molar-refractivity contribution in [1.29, 1.82) is 5.26 Å². The molecule has 0 spiro atoms. The van der Waals surface area contributed by atoms with Crippen LogP contribution in [0.2, 0.25) is 0 Å². The number of fused-ring (bicyclic) bond motifs is 2. The van der Waals surface area contributed by atoms with Crippen LogP contribution in [0.3, 0.4) is 0 Å². The number of H-pyrrole nitrogens is 1. The van der Waals surface area contributed by atoms with Crippen molar-refractivity contribution in [3.63, 3.8) is 0 Å². The Morgan fingerprint density at radius 1 is 0.957 bits per heavy atom. The fraction of sp³-hybridized carbons (Fsp3) is 0.514. The first-order valence-electron chi connectivity index (χ1n) is 16.8. The van der Waals surface area contributed by atoms with Crippen LogP contribution in [-0.2, 0) is 23.1 Å². The molecule has 2 atom stereocenters. The number of carbonyl (C=O) groups excluding carboxylic acids is 3. The van der Waals surface area contributed by atoms with Crippen LogP contribution in [0.15, 0.2) is 36.4 Å². The maximum Gasteiger partial charge on any atom is 0.251 e. The first-order valence-corrected chi connectivity index (χ1v) is 16.8. The lowest BCUT2D eigenvalue weighted by Crippen LogP contribution is -2.49. The molecule has 6 rings (SSSR count). The number of tetrazole rings is 1. The van der Waals surface area contributed by atoms with Gasteiger partial charge in [0.1, 0.15) is 6.04 Å². The second kappa shape index (κ2) is 14.0. The number of likely N-dealkylation sites (tertiary alicyclic amines) is 1. The number of rotatable bonds is 9. The molecule has 3 aromatic rings. The highest BCUT2D eigenvalue weighted by molar-refractivity contribution is 5.95. The molecule has 12 heteroatoms. The Balaban J connectivity index is 1.49. The molecular formula is C35H43N9O3. The van der Waals surface area contributed by atoms with E-state index in [4.69, 9.17) is 0 Å². The molecular weight excluding hydrogens is 594 g/mol. The number of amides is 3. The minimum Gasteiger partial charge on any atom is -0.355 e. The van der Waals surface area contributed by atoms with Gasteiger partial charge in [-0.25, -0.2) is 5.10 Å². The smallest absolute Gasteiger partial charge is 0.251 e. The van der Waals surface area contributed by atoms with Gasteiger partial charge >= 0.3 is 0 Å². The highest BCUT2D eigenvalue weighted by atomic mass is 16.2. The van der Waals surface area contributed by atoms with E-state index in [0.29, 0.717) is 55.1 Å². The molecule has 2 fully saturated rings. The Morgan fingerprint density at radius 2 is 1.60 bits per heavy atom. The second-order valence-electron chi connectivity index (χ2n) is 13.0. The normalized spacial score (nSPS) is 19.5. The lowest BCUT2D eigenvalue weighted by molar-refractivity contribution is -0.130. The van der Waals surface area contributed by atoms with Crippen LogP contribution < -0.4 is 16.0 Å². The molecule has 0 unspecified atom stereocenters. The number of aryl methyl sites for hydroxylation is 2. The zero-order valence-electron chi connectivity index (χ0n) is 27.1. The van der Waals surface area contributed by atoms with Gasteiger partial charge in [-0.2, -0.15) is 5.26 Å². The first-order chi connectivity index (χ1) is 22.9. The zero-order valence-corrected chi connectivity index (χ0v) is 27.1. The molecule has 246 valence electrons. The Bertz CT molecular complexity index is 1590. The summed E-state index contributed by atoms with van der Waals surface area (Å²) in [7, 11) is 3.24. The molecule has 4 N–H and O–H groups in total. The largest absolute Gasteiger partial charge is 0.355 e. The van der Waals surface area contributed by atoms with Crippen molar-refractivity contribution < 1.29 is 14.4 Å². The molecule has 2 aromatic carbocycles. The summed E-state index contributed by atoms with van der Waals surface area (Å²) in [5, 5.41) is 34.6. The van der Waals surface area contributed by atoms with E-state index in [-0.39, 0.29) is 36.3 Å². The van der Waals surface area contributed by atoms with Crippen molar-refractivity contribution >= 4 is 17.7 Å². The molecule has 3 aliphatic rings. The lowest BCUT2D eigenvalue weighted by atomic mass is 9.65. The Kier molecular flexibility index (Phi) is 9.63. The van der Waals surface area contributed by atoms with Crippen molar-refractivity contribution in [2.24, 2.45) is 5.92 Å². The third-order valence-electron chi connectivity index (χ3n) is 10.5. The van der Waals surface area contributed by atoms with Crippen molar-refractivity contribution in [3.05, 3.63) is 75.6 Å². The molecule has 1 aromatic heterocycles. The number of nitrogens with one attached hydrogen (secondary N) is 4. The van der Waals surface area contributed by atoms with Crippen LogP contribution >= 0.6 is 0 Å². The summed E-state index contributed by atoms with van der Waals surface area (Å²) in [5.41, 5.74) is 4.26. The van der Waals surface area contributed by atoms with E-state index in [2.05, 4.69) is 42.6 Å². The van der Waals surface area contributed by atoms with E-state index in [1.165, 1.54) is 6.42 Å². The summed E-state index contributed by atoms with van der Waals surface area (Å²) < 4.78 is 0. The van der Waals surface area contributed by atoms with E-state index in [9.17, 15) is 19.6 Å². The molecule has 12 nitrogen and oxygen atoms in total. The highest BCUT2D eigenvalue weighted by Gasteiger charge is 2.47. The number of hydrogen-bond acceptors (Lipinski definition) is 8. The van der Waals surface area contributed by atoms with Crippen LogP contribution in [0.1, 0.15) is 100 Å². The van der Waals surface area contributed by atoms with E-state index in [1.807, 2.05) is 36.4 Å². The monoisotopic (exact) mass is 637 g/mol. The fourth-order valence-corrected chi connectivity index (χ4v) is 8.12. The van der Waals surface area contributed by atoms with E-state index in [1.54, 1.807) is 19.0 Å². The van der Waals surface area contributed by atoms with Crippen molar-refractivity contribution in [2.75, 3.05) is 27.2 Å². The molecule has 1 saturated heterocycles. The fourth-order valence-electron chi connectivity index (χ4n) is 8.12. The van der Waals surface area contributed by atoms with Crippen molar-refractivity contribution in [1.82, 2.24) is 41.5 Å². The van der Waals surface area contributed by atoms with Gasteiger partial charge in [0.15, 0.2) is 5.82 Å². The van der Waals surface area contributed by atoms with Gasteiger partial charge in [-0.1, -0.05) is 31.4 Å². The van der Waals surface area contributed by atoms with Gasteiger partial charge in [-0.3, -0.25) is 14.4 Å². The Morgan fingerprint density at radius 3 is 2.15 bits per heavy atom. The highest BCUT2D eigenvalue weighted by Crippen LogP contribution is 2.48. The molecule has 1 saturated carbocycles. The summed E-state index contributed by atoms with van der Waals surface area (Å²) in [5.74, 6) is 0.486. The summed E-state index contributed by atoms with van der Waals surface area (Å²) in [6, 6.07) is 13.5. The minimum atomic E-state index is -0.881. The summed E-state index contributed by atoms with van der Waals surface area (Å²) in [6.45, 7) is 0.734. The molecule has 2 heterocycles. The van der Waals surface area contributed by atoms with Crippen LogP contribution in [0.25, 0.3) is 0 Å². The third kappa shape index (κ3) is 6.24.